The molecule has 0 saturated heterocycles. The Morgan fingerprint density at radius 3 is 3.00 bits per heavy atom. The van der Waals surface area contributed by atoms with Crippen LogP contribution in [0.15, 0.2) is 23.2 Å². The van der Waals surface area contributed by atoms with Crippen LogP contribution in [-0.4, -0.2) is 17.0 Å². The molecule has 0 fully saturated rings. The third-order valence-electron chi connectivity index (χ3n) is 2.31. The van der Waals surface area contributed by atoms with Crippen molar-refractivity contribution in [2.75, 3.05) is 11.1 Å². The van der Waals surface area contributed by atoms with Gasteiger partial charge in [-0.3, -0.25) is 4.99 Å². The van der Waals surface area contributed by atoms with E-state index in [0.29, 0.717) is 6.04 Å². The van der Waals surface area contributed by atoms with Gasteiger partial charge < -0.3 is 5.32 Å². The number of hydrogen-bond acceptors (Lipinski definition) is 3. The Bertz CT molecular complexity index is 404. The molecule has 2 nitrogen and oxygen atoms in total. The smallest absolute Gasteiger partial charge is 0.161 e. The number of halogens is 1. The first-order valence-electron chi connectivity index (χ1n) is 4.89. The van der Waals surface area contributed by atoms with Gasteiger partial charge in [-0.15, -0.1) is 0 Å². The van der Waals surface area contributed by atoms with Gasteiger partial charge in [0.25, 0.3) is 0 Å². The van der Waals surface area contributed by atoms with E-state index in [1.54, 1.807) is 11.8 Å². The molecular formula is C11H13ClN2S. The molecule has 1 aromatic carbocycles. The number of thioether (sulfide) groups is 1. The third kappa shape index (κ3) is 2.47. The van der Waals surface area contributed by atoms with Crippen LogP contribution >= 0.6 is 23.4 Å². The number of aliphatic imine (C=N–C) groups is 1. The molecule has 1 N–H and O–H groups in total. The van der Waals surface area contributed by atoms with Crippen LogP contribution in [0.5, 0.6) is 0 Å². The predicted octanol–water partition coefficient (Wildman–Crippen LogP) is 3.55. The maximum absolute atomic E-state index is 6.04. The lowest BCUT2D eigenvalue weighted by atomic mass is 10.2. The number of nitrogens with one attached hydrogen (secondary N) is 1. The van der Waals surface area contributed by atoms with Crippen molar-refractivity contribution in [3.8, 4) is 0 Å². The highest BCUT2D eigenvalue weighted by atomic mass is 35.5. The summed E-state index contributed by atoms with van der Waals surface area (Å²) in [5, 5.41) is 5.09. The van der Waals surface area contributed by atoms with E-state index in [1.807, 2.05) is 25.1 Å². The standard InChI is InChI=1S/C11H13ClN2S/c1-7-6-15-11(13-7)14-10-5-3-4-9(12)8(10)2/h3-5,7H,6H2,1-2H3,(H,13,14). The van der Waals surface area contributed by atoms with Crippen LogP contribution < -0.4 is 5.32 Å². The zero-order chi connectivity index (χ0) is 10.8. The molecule has 0 spiro atoms. The van der Waals surface area contributed by atoms with Crippen molar-refractivity contribution < 1.29 is 0 Å². The Kier molecular flexibility index (Phi) is 3.22. The fraction of sp³-hybridized carbons (Fsp3) is 0.364. The lowest BCUT2D eigenvalue weighted by Gasteiger charge is -2.09. The van der Waals surface area contributed by atoms with Crippen LogP contribution in [0.4, 0.5) is 5.69 Å². The highest BCUT2D eigenvalue weighted by molar-refractivity contribution is 8.14. The van der Waals surface area contributed by atoms with Crippen LogP contribution in [-0.2, 0) is 0 Å². The van der Waals surface area contributed by atoms with Crippen molar-refractivity contribution in [1.29, 1.82) is 0 Å². The largest absolute Gasteiger partial charge is 0.335 e. The fourth-order valence-corrected chi connectivity index (χ4v) is 2.49. The Morgan fingerprint density at radius 2 is 2.33 bits per heavy atom. The maximum atomic E-state index is 6.04. The van der Waals surface area contributed by atoms with Gasteiger partial charge in [0.2, 0.25) is 0 Å². The van der Waals surface area contributed by atoms with Gasteiger partial charge >= 0.3 is 0 Å². The summed E-state index contributed by atoms with van der Waals surface area (Å²) in [6.07, 6.45) is 0. The normalized spacial score (nSPS) is 20.2. The number of amidine groups is 1. The Balaban J connectivity index is 2.18. The Labute approximate surface area is 99.1 Å². The van der Waals surface area contributed by atoms with Gasteiger partial charge in [-0.2, -0.15) is 0 Å². The second-order valence-electron chi connectivity index (χ2n) is 3.63. The fourth-order valence-electron chi connectivity index (χ4n) is 1.40. The quantitative estimate of drug-likeness (QED) is 0.812. The molecule has 0 radical (unpaired) electrons. The van der Waals surface area contributed by atoms with Crippen LogP contribution in [0.25, 0.3) is 0 Å². The molecule has 1 heterocycles. The number of rotatable bonds is 1. The SMILES string of the molecule is Cc1c(Cl)cccc1NC1=NC(C)CS1. The maximum Gasteiger partial charge on any atom is 0.161 e. The highest BCUT2D eigenvalue weighted by Crippen LogP contribution is 2.26. The molecule has 2 rings (SSSR count). The summed E-state index contributed by atoms with van der Waals surface area (Å²) in [6, 6.07) is 6.28. The Hall–Kier alpha value is -0.670. The summed E-state index contributed by atoms with van der Waals surface area (Å²) in [4.78, 5) is 4.48. The minimum atomic E-state index is 0.414. The molecule has 0 saturated carbocycles. The van der Waals surface area contributed by atoms with E-state index >= 15 is 0 Å². The first-order chi connectivity index (χ1) is 7.16. The third-order valence-corrected chi connectivity index (χ3v) is 3.85. The summed E-state index contributed by atoms with van der Waals surface area (Å²) in [5.41, 5.74) is 2.12. The molecule has 4 heteroatoms. The van der Waals surface area contributed by atoms with E-state index in [0.717, 1.165) is 27.2 Å². The van der Waals surface area contributed by atoms with E-state index in [-0.39, 0.29) is 0 Å². The summed E-state index contributed by atoms with van der Waals surface area (Å²) in [6.45, 7) is 4.13. The van der Waals surface area contributed by atoms with Crippen molar-refractivity contribution in [2.24, 2.45) is 4.99 Å². The van der Waals surface area contributed by atoms with Gasteiger partial charge in [0.1, 0.15) is 0 Å². The van der Waals surface area contributed by atoms with Gasteiger partial charge in [-0.1, -0.05) is 29.4 Å². The predicted molar refractivity (Wildman–Crippen MR) is 69.2 cm³/mol. The van der Waals surface area contributed by atoms with E-state index in [9.17, 15) is 0 Å². The molecule has 15 heavy (non-hydrogen) atoms. The van der Waals surface area contributed by atoms with Gasteiger partial charge in [0.15, 0.2) is 5.17 Å². The molecule has 0 aliphatic carbocycles. The van der Waals surface area contributed by atoms with Crippen molar-refractivity contribution in [3.63, 3.8) is 0 Å². The van der Waals surface area contributed by atoms with Crippen molar-refractivity contribution >= 4 is 34.2 Å². The second kappa shape index (κ2) is 4.45. The summed E-state index contributed by atoms with van der Waals surface area (Å²) >= 11 is 7.80. The van der Waals surface area contributed by atoms with Crippen molar-refractivity contribution in [2.45, 2.75) is 19.9 Å². The second-order valence-corrected chi connectivity index (χ2v) is 5.05. The molecular weight excluding hydrogens is 228 g/mol. The zero-order valence-electron chi connectivity index (χ0n) is 8.75. The molecule has 0 bridgehead atoms. The van der Waals surface area contributed by atoms with Gasteiger partial charge in [0, 0.05) is 16.5 Å². The lowest BCUT2D eigenvalue weighted by Crippen LogP contribution is -2.06. The van der Waals surface area contributed by atoms with E-state index < -0.39 is 0 Å². The van der Waals surface area contributed by atoms with E-state index in [4.69, 9.17) is 11.6 Å². The topological polar surface area (TPSA) is 24.4 Å². The molecule has 1 atom stereocenters. The number of hydrogen-bond donors (Lipinski definition) is 1. The average molecular weight is 241 g/mol. The van der Waals surface area contributed by atoms with Gasteiger partial charge in [-0.05, 0) is 31.5 Å². The van der Waals surface area contributed by atoms with Crippen molar-refractivity contribution in [3.05, 3.63) is 28.8 Å². The molecule has 0 aromatic heterocycles. The molecule has 80 valence electrons. The first-order valence-corrected chi connectivity index (χ1v) is 6.26. The average Bonchev–Trinajstić information content (AvgIpc) is 2.59. The molecule has 1 aromatic rings. The minimum absolute atomic E-state index is 0.414. The van der Waals surface area contributed by atoms with Crippen LogP contribution in [0, 0.1) is 6.92 Å². The molecule has 1 aliphatic heterocycles. The van der Waals surface area contributed by atoms with Gasteiger partial charge in [0.05, 0.1) is 6.04 Å². The molecule has 1 unspecified atom stereocenters. The Morgan fingerprint density at radius 1 is 1.53 bits per heavy atom. The lowest BCUT2D eigenvalue weighted by molar-refractivity contribution is 0.865. The monoisotopic (exact) mass is 240 g/mol. The van der Waals surface area contributed by atoms with Crippen LogP contribution in [0.2, 0.25) is 5.02 Å². The zero-order valence-corrected chi connectivity index (χ0v) is 10.3. The minimum Gasteiger partial charge on any atom is -0.335 e. The number of benzene rings is 1. The number of nitrogens with zero attached hydrogens (tertiary/aromatic N) is 1. The van der Waals surface area contributed by atoms with Crippen molar-refractivity contribution in [1.82, 2.24) is 0 Å². The van der Waals surface area contributed by atoms with E-state index in [2.05, 4.69) is 17.2 Å². The summed E-state index contributed by atoms with van der Waals surface area (Å²) in [5.74, 6) is 1.06. The van der Waals surface area contributed by atoms with E-state index in [1.165, 1.54) is 0 Å². The van der Waals surface area contributed by atoms with Crippen LogP contribution in [0.1, 0.15) is 12.5 Å². The number of anilines is 1. The highest BCUT2D eigenvalue weighted by Gasteiger charge is 2.14. The first kappa shape index (κ1) is 10.8. The van der Waals surface area contributed by atoms with Crippen LogP contribution in [0.3, 0.4) is 0 Å². The summed E-state index contributed by atoms with van der Waals surface area (Å²) < 4.78 is 0. The molecule has 0 amide bonds. The van der Waals surface area contributed by atoms with Gasteiger partial charge in [-0.25, -0.2) is 0 Å². The summed E-state index contributed by atoms with van der Waals surface area (Å²) in [7, 11) is 0. The molecule has 1 aliphatic rings.